The molecule has 8 bridgehead atoms. The van der Waals surface area contributed by atoms with E-state index in [1.807, 2.05) is 48.5 Å². The van der Waals surface area contributed by atoms with Gasteiger partial charge < -0.3 is 0 Å². The van der Waals surface area contributed by atoms with Crippen LogP contribution >= 0.6 is 0 Å². The van der Waals surface area contributed by atoms with Crippen LogP contribution in [0.3, 0.4) is 0 Å². The molecule has 13 rings (SSSR count). The maximum Gasteiger partial charge on any atom is 0.197 e. The van der Waals surface area contributed by atoms with Crippen molar-refractivity contribution in [3.63, 3.8) is 0 Å². The van der Waals surface area contributed by atoms with Crippen LogP contribution in [-0.4, -0.2) is 11.6 Å². The van der Waals surface area contributed by atoms with E-state index in [1.165, 1.54) is 0 Å². The average Bonchev–Trinajstić information content (AvgIpc) is 3.37. The fourth-order valence-corrected chi connectivity index (χ4v) is 9.98. The third kappa shape index (κ3) is 5.90. The molecule has 11 aromatic rings. The quantitative estimate of drug-likeness (QED) is 0.142. The van der Waals surface area contributed by atoms with Crippen molar-refractivity contribution in [1.29, 1.82) is 0 Å². The van der Waals surface area contributed by atoms with Gasteiger partial charge in [0.15, 0.2) is 22.4 Å². The van der Waals surface area contributed by atoms with E-state index in [0.717, 1.165) is 64.6 Å². The summed E-state index contributed by atoms with van der Waals surface area (Å²) in [5, 5.41) is 13.3. The van der Waals surface area contributed by atoms with Crippen LogP contribution in [-0.2, 0) is 0 Å². The van der Waals surface area contributed by atoms with Gasteiger partial charge in [-0.3, -0.25) is 19.2 Å². The molecule has 4 nitrogen and oxygen atoms in total. The van der Waals surface area contributed by atoms with Gasteiger partial charge in [0.1, 0.15) is 0 Å². The summed E-state index contributed by atoms with van der Waals surface area (Å²) in [5.74, 6) is -0.621. The van der Waals surface area contributed by atoms with E-state index in [1.54, 1.807) is 72.8 Å². The largest absolute Gasteiger partial charge is 0.289 e. The summed E-state index contributed by atoms with van der Waals surface area (Å²) in [4.78, 5) is 58.0. The Morgan fingerprint density at radius 1 is 0.235 bits per heavy atom. The molecule has 0 atom stereocenters. The van der Waals surface area contributed by atoms with Crippen molar-refractivity contribution in [2.75, 3.05) is 0 Å². The number of carbonyl (C=O) groups excluding carboxylic acids is 2. The van der Waals surface area contributed by atoms with Gasteiger partial charge in [-0.1, -0.05) is 146 Å². The predicted molar refractivity (Wildman–Crippen MR) is 273 cm³/mol. The Bertz CT molecular complexity index is 4290. The van der Waals surface area contributed by atoms with Crippen molar-refractivity contribution in [3.05, 3.63) is 261 Å². The van der Waals surface area contributed by atoms with Crippen LogP contribution < -0.4 is 10.9 Å². The standard InChI is InChI=1S/C64H28O4/c65-61-49-21-5-13-41-29-27-39-11-3-19-47-33-45-17-1-9-37(53(45)35-55(39)47)25-26-38-10-2-18-46-34-48-20-4-12-40(56(48)36-54(38)46)28-30-42-14-6-22-50-58(42)64(68)60-44(16-8-24-52(60)62(50)66)32-31-43-15-7-23-51(61)59(43)63(67)57(41)49/h1-24,33-36H. The molecule has 68 heavy (non-hydrogen) atoms. The van der Waals surface area contributed by atoms with Crippen molar-refractivity contribution in [2.24, 2.45) is 0 Å². The Kier molecular flexibility index (Phi) is 8.43. The van der Waals surface area contributed by atoms with Crippen molar-refractivity contribution in [1.82, 2.24) is 0 Å². The third-order valence-corrected chi connectivity index (χ3v) is 13.2. The summed E-state index contributed by atoms with van der Waals surface area (Å²) in [6.07, 6.45) is 0. The fourth-order valence-electron chi connectivity index (χ4n) is 9.98. The van der Waals surface area contributed by atoms with Gasteiger partial charge in [-0.05, 0) is 116 Å². The van der Waals surface area contributed by atoms with E-state index in [2.05, 4.69) is 97.1 Å². The van der Waals surface area contributed by atoms with Crippen LogP contribution in [0, 0.1) is 48.5 Å². The molecule has 0 N–H and O–H groups in total. The average molecular weight is 861 g/mol. The highest BCUT2D eigenvalue weighted by molar-refractivity contribution is 6.26. The normalized spacial score (nSPS) is 11.8. The van der Waals surface area contributed by atoms with Crippen LogP contribution in [0.4, 0.5) is 0 Å². The Balaban J connectivity index is 1.19. The molecule has 0 amide bonds. The highest BCUT2D eigenvalue weighted by Crippen LogP contribution is 2.32. The van der Waals surface area contributed by atoms with Gasteiger partial charge in [-0.2, -0.15) is 0 Å². The molecule has 0 saturated heterocycles. The topological polar surface area (TPSA) is 68.3 Å². The first-order chi connectivity index (χ1) is 33.4. The van der Waals surface area contributed by atoms with E-state index in [0.29, 0.717) is 21.5 Å². The molecular formula is C64H28O4. The molecule has 0 spiro atoms. The van der Waals surface area contributed by atoms with E-state index in [-0.39, 0.29) is 66.2 Å². The SMILES string of the molecule is O=C1c2cccc3c#cc4cccc5c4c(=O)c4c(cccc4c#cc4cccc6cc7cccc(c#cc8cccc9cc%10cccc(c#cc%11cccc1c%11c(=O)c23)c%10cc89)c7cc46)C5=O. The van der Waals surface area contributed by atoms with Gasteiger partial charge in [0.25, 0.3) is 0 Å². The first-order valence-corrected chi connectivity index (χ1v) is 22.1. The lowest BCUT2D eigenvalue weighted by atomic mass is 9.89. The summed E-state index contributed by atoms with van der Waals surface area (Å²) in [6, 6.07) is 79.7. The van der Waals surface area contributed by atoms with Crippen LogP contribution in [0.25, 0.3) is 108 Å². The second kappa shape index (κ2) is 14.9. The first-order valence-electron chi connectivity index (χ1n) is 22.1. The lowest BCUT2D eigenvalue weighted by Gasteiger charge is -2.10. The second-order valence-electron chi connectivity index (χ2n) is 17.0. The minimum atomic E-state index is -0.374. The van der Waals surface area contributed by atoms with Gasteiger partial charge >= 0.3 is 0 Å². The smallest absolute Gasteiger partial charge is 0.197 e. The van der Waals surface area contributed by atoms with Gasteiger partial charge in [0.2, 0.25) is 0 Å². The zero-order chi connectivity index (χ0) is 45.6. The van der Waals surface area contributed by atoms with Gasteiger partial charge in [-0.15, -0.1) is 0 Å². The molecule has 0 radical (unpaired) electrons. The Hall–Kier alpha value is -9.84. The molecule has 0 fully saturated rings. The van der Waals surface area contributed by atoms with Gasteiger partial charge in [0.05, 0.1) is 0 Å². The Morgan fingerprint density at radius 3 is 0.721 bits per heavy atom. The zero-order valence-electron chi connectivity index (χ0n) is 35.8. The molecule has 4 heteroatoms. The monoisotopic (exact) mass is 860 g/mol. The molecular weight excluding hydrogens is 833 g/mol. The molecule has 0 saturated carbocycles. The van der Waals surface area contributed by atoms with Gasteiger partial charge in [0, 0.05) is 86.9 Å². The lowest BCUT2D eigenvalue weighted by Crippen LogP contribution is -2.17. The maximum atomic E-state index is 14.8. The molecule has 0 unspecified atom stereocenters. The molecule has 308 valence electrons. The summed E-state index contributed by atoms with van der Waals surface area (Å²) < 4.78 is 0. The minimum absolute atomic E-state index is 0.164. The summed E-state index contributed by atoms with van der Waals surface area (Å²) in [5.41, 5.74) is 0.252. The second-order valence-corrected chi connectivity index (χ2v) is 17.0. The highest BCUT2D eigenvalue weighted by atomic mass is 16.1. The number of rotatable bonds is 0. The van der Waals surface area contributed by atoms with Crippen LogP contribution in [0.15, 0.2) is 179 Å². The van der Waals surface area contributed by atoms with Crippen molar-refractivity contribution in [3.8, 4) is 0 Å². The molecule has 2 aliphatic rings. The van der Waals surface area contributed by atoms with Crippen LogP contribution in [0.2, 0.25) is 0 Å². The van der Waals surface area contributed by atoms with Crippen LogP contribution in [0.5, 0.6) is 0 Å². The van der Waals surface area contributed by atoms with Gasteiger partial charge in [-0.25, -0.2) is 0 Å². The highest BCUT2D eigenvalue weighted by Gasteiger charge is 2.24. The lowest BCUT2D eigenvalue weighted by molar-refractivity contribution is 0.103. The number of hydrogen-bond donors (Lipinski definition) is 0. The van der Waals surface area contributed by atoms with Crippen molar-refractivity contribution < 1.29 is 9.59 Å². The molecule has 0 heterocycles. The van der Waals surface area contributed by atoms with E-state index < -0.39 is 0 Å². The van der Waals surface area contributed by atoms with Crippen molar-refractivity contribution >= 4 is 119 Å². The number of ketones is 2. The van der Waals surface area contributed by atoms with E-state index in [4.69, 9.17) is 0 Å². The Labute approximate surface area is 388 Å². The van der Waals surface area contributed by atoms with Crippen LogP contribution in [0.1, 0.15) is 31.8 Å². The van der Waals surface area contributed by atoms with Crippen molar-refractivity contribution in [2.45, 2.75) is 0 Å². The summed E-state index contributed by atoms with van der Waals surface area (Å²) in [7, 11) is 0. The summed E-state index contributed by atoms with van der Waals surface area (Å²) in [6.45, 7) is 0. The predicted octanol–water partition coefficient (Wildman–Crippen LogP) is 13.4. The zero-order valence-corrected chi connectivity index (χ0v) is 35.8. The Morgan fingerprint density at radius 2 is 0.456 bits per heavy atom. The minimum Gasteiger partial charge on any atom is -0.289 e. The maximum absolute atomic E-state index is 14.8. The molecule has 0 aromatic heterocycles. The molecule has 0 aliphatic heterocycles. The third-order valence-electron chi connectivity index (χ3n) is 13.2. The summed E-state index contributed by atoms with van der Waals surface area (Å²) >= 11 is 0. The number of benzene rings is 10. The van der Waals surface area contributed by atoms with E-state index >= 15 is 0 Å². The van der Waals surface area contributed by atoms with E-state index in [9.17, 15) is 19.2 Å². The number of hydrogen-bond acceptors (Lipinski definition) is 4. The molecule has 2 aliphatic carbocycles. The molecule has 11 aromatic carbocycles. The first kappa shape index (κ1) is 38.6. The fraction of sp³-hybridized carbons (Fsp3) is 0. The number of carbonyl (C=O) groups is 2.